The highest BCUT2D eigenvalue weighted by atomic mass is 32.2. The lowest BCUT2D eigenvalue weighted by Gasteiger charge is -2.13. The summed E-state index contributed by atoms with van der Waals surface area (Å²) in [7, 11) is 0.577. The fraction of sp³-hybridized carbons (Fsp3) is 0.429. The molecule has 2 rings (SSSR count). The molecule has 0 aliphatic rings. The van der Waals surface area contributed by atoms with Crippen LogP contribution >= 0.6 is 0 Å². The highest BCUT2D eigenvalue weighted by Gasteiger charge is 2.26. The van der Waals surface area contributed by atoms with Gasteiger partial charge in [-0.05, 0) is 19.1 Å². The normalized spacial score (nSPS) is 13.0. The smallest absolute Gasteiger partial charge is 0.356 e. The van der Waals surface area contributed by atoms with Crippen LogP contribution in [0, 0.1) is 0 Å². The Morgan fingerprint density at radius 1 is 1.43 bits per heavy atom. The van der Waals surface area contributed by atoms with Crippen LogP contribution in [-0.2, 0) is 26.5 Å². The number of sulfonamides is 1. The van der Waals surface area contributed by atoms with Crippen molar-refractivity contribution < 1.29 is 22.7 Å². The van der Waals surface area contributed by atoms with Crippen molar-refractivity contribution in [2.24, 2.45) is 7.05 Å². The first-order chi connectivity index (χ1) is 10.8. The molecule has 2 aromatic heterocycles. The highest BCUT2D eigenvalue weighted by molar-refractivity contribution is 7.92. The van der Waals surface area contributed by atoms with Crippen LogP contribution in [0.3, 0.4) is 0 Å². The van der Waals surface area contributed by atoms with E-state index in [9.17, 15) is 13.2 Å². The van der Waals surface area contributed by atoms with E-state index < -0.39 is 22.1 Å². The SMILES string of the molecule is COC(=O)c1c(NS(=O)(=O)CC(C)OC)c2cccnc2n1C. The minimum atomic E-state index is -3.71. The average Bonchev–Trinajstić information content (AvgIpc) is 2.78. The van der Waals surface area contributed by atoms with Crippen LogP contribution in [0.5, 0.6) is 0 Å². The monoisotopic (exact) mass is 341 g/mol. The maximum absolute atomic E-state index is 12.3. The number of carbonyl (C=O) groups excluding carboxylic acids is 1. The van der Waals surface area contributed by atoms with E-state index in [4.69, 9.17) is 9.47 Å². The molecule has 1 unspecified atom stereocenters. The van der Waals surface area contributed by atoms with Crippen LogP contribution in [0.4, 0.5) is 5.69 Å². The summed E-state index contributed by atoms with van der Waals surface area (Å²) >= 11 is 0. The first kappa shape index (κ1) is 17.2. The fourth-order valence-electron chi connectivity index (χ4n) is 2.27. The van der Waals surface area contributed by atoms with Crippen molar-refractivity contribution in [2.75, 3.05) is 24.7 Å². The van der Waals surface area contributed by atoms with Gasteiger partial charge in [0.05, 0.1) is 24.7 Å². The molecule has 0 fully saturated rings. The van der Waals surface area contributed by atoms with E-state index in [1.165, 1.54) is 18.8 Å². The minimum absolute atomic E-state index is 0.0924. The van der Waals surface area contributed by atoms with Gasteiger partial charge in [0.25, 0.3) is 0 Å². The van der Waals surface area contributed by atoms with Gasteiger partial charge in [-0.2, -0.15) is 0 Å². The van der Waals surface area contributed by atoms with Gasteiger partial charge in [0.2, 0.25) is 10.0 Å². The number of aryl methyl sites for hydroxylation is 1. The quantitative estimate of drug-likeness (QED) is 0.791. The number of hydrogen-bond donors (Lipinski definition) is 1. The summed E-state index contributed by atoms with van der Waals surface area (Å²) in [4.78, 5) is 16.2. The molecule has 126 valence electrons. The molecule has 0 saturated heterocycles. The number of ether oxygens (including phenoxy) is 2. The molecule has 0 radical (unpaired) electrons. The molecule has 0 amide bonds. The number of esters is 1. The molecule has 0 spiro atoms. The zero-order valence-corrected chi connectivity index (χ0v) is 14.2. The second-order valence-corrected chi connectivity index (χ2v) is 6.85. The molecule has 1 atom stereocenters. The zero-order chi connectivity index (χ0) is 17.2. The van der Waals surface area contributed by atoms with Gasteiger partial charge >= 0.3 is 5.97 Å². The molecule has 0 bridgehead atoms. The number of pyridine rings is 1. The van der Waals surface area contributed by atoms with Crippen LogP contribution in [-0.4, -0.2) is 50.0 Å². The van der Waals surface area contributed by atoms with Gasteiger partial charge in [0, 0.05) is 25.7 Å². The van der Waals surface area contributed by atoms with E-state index in [1.54, 1.807) is 32.3 Å². The van der Waals surface area contributed by atoms with Crippen molar-refractivity contribution in [3.63, 3.8) is 0 Å². The predicted molar refractivity (Wildman–Crippen MR) is 85.9 cm³/mol. The zero-order valence-electron chi connectivity index (χ0n) is 13.4. The molecule has 0 aliphatic carbocycles. The molecule has 23 heavy (non-hydrogen) atoms. The van der Waals surface area contributed by atoms with Gasteiger partial charge in [-0.25, -0.2) is 18.2 Å². The molecule has 9 heteroatoms. The average molecular weight is 341 g/mol. The van der Waals surface area contributed by atoms with Crippen LogP contribution < -0.4 is 4.72 Å². The largest absolute Gasteiger partial charge is 0.464 e. The number of carbonyl (C=O) groups is 1. The number of aromatic nitrogens is 2. The molecule has 0 saturated carbocycles. The maximum atomic E-state index is 12.3. The predicted octanol–water partition coefficient (Wildman–Crippen LogP) is 1.14. The fourth-order valence-corrected chi connectivity index (χ4v) is 3.63. The summed E-state index contributed by atoms with van der Waals surface area (Å²) in [6.07, 6.45) is 1.08. The summed E-state index contributed by atoms with van der Waals surface area (Å²) in [6.45, 7) is 1.64. The summed E-state index contributed by atoms with van der Waals surface area (Å²) in [5, 5.41) is 0.518. The number of methoxy groups -OCH3 is 2. The Morgan fingerprint density at radius 3 is 2.74 bits per heavy atom. The molecule has 8 nitrogen and oxygen atoms in total. The summed E-state index contributed by atoms with van der Waals surface area (Å²) in [6, 6.07) is 3.35. The Kier molecular flexibility index (Phi) is 4.90. The third-order valence-corrected chi connectivity index (χ3v) is 4.86. The Bertz CT molecular complexity index is 828. The van der Waals surface area contributed by atoms with Crippen LogP contribution in [0.1, 0.15) is 17.4 Å². The highest BCUT2D eigenvalue weighted by Crippen LogP contribution is 2.30. The number of hydrogen-bond acceptors (Lipinski definition) is 6. The van der Waals surface area contributed by atoms with Gasteiger partial charge in [0.15, 0.2) is 5.69 Å². The Labute approximate surface area is 134 Å². The molecular formula is C14H19N3O5S. The van der Waals surface area contributed by atoms with Crippen LogP contribution in [0.15, 0.2) is 18.3 Å². The number of anilines is 1. The third kappa shape index (κ3) is 3.45. The molecule has 2 heterocycles. The van der Waals surface area contributed by atoms with Crippen molar-refractivity contribution in [3.8, 4) is 0 Å². The number of nitrogens with zero attached hydrogens (tertiary/aromatic N) is 2. The number of fused-ring (bicyclic) bond motifs is 1. The lowest BCUT2D eigenvalue weighted by atomic mass is 10.3. The van der Waals surface area contributed by atoms with E-state index in [2.05, 4.69) is 9.71 Å². The number of nitrogens with one attached hydrogen (secondary N) is 1. The van der Waals surface area contributed by atoms with Crippen molar-refractivity contribution in [3.05, 3.63) is 24.0 Å². The van der Waals surface area contributed by atoms with E-state index in [0.717, 1.165) is 0 Å². The first-order valence-electron chi connectivity index (χ1n) is 6.85. The topological polar surface area (TPSA) is 99.5 Å². The van der Waals surface area contributed by atoms with Gasteiger partial charge in [-0.1, -0.05) is 0 Å². The second kappa shape index (κ2) is 6.55. The Hall–Kier alpha value is -2.13. The van der Waals surface area contributed by atoms with Crippen molar-refractivity contribution >= 4 is 32.7 Å². The standard InChI is InChI=1S/C14H19N3O5S/c1-9(21-3)8-23(19,20)16-11-10-6-5-7-15-13(10)17(2)12(11)14(18)22-4/h5-7,9,16H,8H2,1-4H3. The second-order valence-electron chi connectivity index (χ2n) is 5.08. The van der Waals surface area contributed by atoms with E-state index in [-0.39, 0.29) is 17.1 Å². The van der Waals surface area contributed by atoms with E-state index in [1.807, 2.05) is 0 Å². The summed E-state index contributed by atoms with van der Waals surface area (Å²) < 4.78 is 38.3. The van der Waals surface area contributed by atoms with Crippen LogP contribution in [0.25, 0.3) is 11.0 Å². The van der Waals surface area contributed by atoms with Crippen molar-refractivity contribution in [2.45, 2.75) is 13.0 Å². The molecule has 2 aromatic rings. The summed E-state index contributed by atoms with van der Waals surface area (Å²) in [5.74, 6) is -0.885. The van der Waals surface area contributed by atoms with Gasteiger partial charge in [-0.3, -0.25) is 4.72 Å². The Morgan fingerprint density at radius 2 is 2.13 bits per heavy atom. The molecular weight excluding hydrogens is 322 g/mol. The lowest BCUT2D eigenvalue weighted by molar-refractivity contribution is 0.0591. The minimum Gasteiger partial charge on any atom is -0.464 e. The Balaban J connectivity index is 2.57. The first-order valence-corrected chi connectivity index (χ1v) is 8.51. The van der Waals surface area contributed by atoms with Gasteiger partial charge in [-0.15, -0.1) is 0 Å². The van der Waals surface area contributed by atoms with Crippen molar-refractivity contribution in [1.82, 2.24) is 9.55 Å². The molecule has 0 aliphatic heterocycles. The van der Waals surface area contributed by atoms with Crippen LogP contribution in [0.2, 0.25) is 0 Å². The third-order valence-electron chi connectivity index (χ3n) is 3.44. The van der Waals surface area contributed by atoms with E-state index in [0.29, 0.717) is 11.0 Å². The summed E-state index contributed by atoms with van der Waals surface area (Å²) in [5.41, 5.74) is 0.728. The van der Waals surface area contributed by atoms with E-state index >= 15 is 0 Å². The molecule has 0 aromatic carbocycles. The maximum Gasteiger partial charge on any atom is 0.356 e. The number of rotatable bonds is 6. The van der Waals surface area contributed by atoms with Gasteiger partial charge in [0.1, 0.15) is 5.65 Å². The van der Waals surface area contributed by atoms with Gasteiger partial charge < -0.3 is 14.0 Å². The molecule has 1 N–H and O–H groups in total. The van der Waals surface area contributed by atoms with Crippen molar-refractivity contribution in [1.29, 1.82) is 0 Å². The lowest BCUT2D eigenvalue weighted by Crippen LogP contribution is -2.26.